The second-order valence-electron chi connectivity index (χ2n) is 5.47. The maximum atomic E-state index is 3.64. The van der Waals surface area contributed by atoms with Crippen LogP contribution in [0.15, 0.2) is 12.1 Å². The van der Waals surface area contributed by atoms with Gasteiger partial charge in [0.25, 0.3) is 0 Å². The average Bonchev–Trinajstić information content (AvgIpc) is 2.28. The molecule has 1 aromatic carbocycles. The minimum Gasteiger partial charge on any atom is -0.307 e. The highest BCUT2D eigenvalue weighted by Crippen LogP contribution is 2.33. The van der Waals surface area contributed by atoms with Gasteiger partial charge in [-0.3, -0.25) is 0 Å². The van der Waals surface area contributed by atoms with E-state index in [-0.39, 0.29) is 0 Å². The van der Waals surface area contributed by atoms with Gasteiger partial charge in [0.05, 0.1) is 0 Å². The minimum atomic E-state index is 0.533. The number of benzene rings is 1. The lowest BCUT2D eigenvalue weighted by Crippen LogP contribution is -2.36. The maximum Gasteiger partial charge on any atom is 0.0297 e. The van der Waals surface area contributed by atoms with Crippen molar-refractivity contribution in [1.29, 1.82) is 0 Å². The van der Waals surface area contributed by atoms with Crippen molar-refractivity contribution >= 4 is 0 Å². The van der Waals surface area contributed by atoms with Crippen LogP contribution in [0.1, 0.15) is 55.0 Å². The van der Waals surface area contributed by atoms with Gasteiger partial charge in [0, 0.05) is 12.1 Å². The lowest BCUT2D eigenvalue weighted by Gasteiger charge is -2.33. The molecular formula is C15H21N. The van der Waals surface area contributed by atoms with Crippen LogP contribution in [0.2, 0.25) is 0 Å². The highest BCUT2D eigenvalue weighted by Gasteiger charge is 2.24. The molecule has 1 aliphatic carbocycles. The van der Waals surface area contributed by atoms with Gasteiger partial charge in [-0.1, -0.05) is 12.1 Å². The summed E-state index contributed by atoms with van der Waals surface area (Å²) in [7, 11) is 0. The van der Waals surface area contributed by atoms with Crippen LogP contribution in [0.4, 0.5) is 0 Å². The molecule has 3 rings (SSSR count). The molecule has 0 amide bonds. The van der Waals surface area contributed by atoms with Crippen molar-refractivity contribution in [3.63, 3.8) is 0 Å². The number of fused-ring (bicyclic) bond motifs is 3. The van der Waals surface area contributed by atoms with Crippen LogP contribution in [0.3, 0.4) is 0 Å². The van der Waals surface area contributed by atoms with Crippen molar-refractivity contribution < 1.29 is 0 Å². The van der Waals surface area contributed by atoms with Gasteiger partial charge in [0.1, 0.15) is 0 Å². The fourth-order valence-corrected chi connectivity index (χ4v) is 3.45. The van der Waals surface area contributed by atoms with Gasteiger partial charge in [-0.2, -0.15) is 0 Å². The summed E-state index contributed by atoms with van der Waals surface area (Å²) >= 11 is 0. The van der Waals surface area contributed by atoms with Crippen LogP contribution >= 0.6 is 0 Å². The van der Waals surface area contributed by atoms with Gasteiger partial charge >= 0.3 is 0 Å². The molecule has 0 aromatic heterocycles. The molecule has 1 nitrogen and oxygen atoms in total. The Labute approximate surface area is 98.3 Å². The molecule has 0 bridgehead atoms. The molecule has 1 N–H and O–H groups in total. The summed E-state index contributed by atoms with van der Waals surface area (Å²) in [6, 6.07) is 5.91. The first-order valence-corrected chi connectivity index (χ1v) is 6.65. The fraction of sp³-hybridized carbons (Fsp3) is 0.600. The van der Waals surface area contributed by atoms with E-state index in [2.05, 4.69) is 31.3 Å². The third kappa shape index (κ3) is 1.58. The Balaban J connectivity index is 2.11. The van der Waals surface area contributed by atoms with E-state index in [4.69, 9.17) is 0 Å². The largest absolute Gasteiger partial charge is 0.307 e. The quantitative estimate of drug-likeness (QED) is 0.701. The molecule has 2 aliphatic rings. The highest BCUT2D eigenvalue weighted by molar-refractivity contribution is 5.45. The third-order valence-corrected chi connectivity index (χ3v) is 4.20. The van der Waals surface area contributed by atoms with Crippen LogP contribution in [0, 0.1) is 0 Å². The summed E-state index contributed by atoms with van der Waals surface area (Å²) in [5.74, 6) is 0. The zero-order valence-corrected chi connectivity index (χ0v) is 10.3. The first-order valence-electron chi connectivity index (χ1n) is 6.65. The second-order valence-corrected chi connectivity index (χ2v) is 5.47. The summed E-state index contributed by atoms with van der Waals surface area (Å²) in [5.41, 5.74) is 6.56. The summed E-state index contributed by atoms with van der Waals surface area (Å²) in [4.78, 5) is 0. The summed E-state index contributed by atoms with van der Waals surface area (Å²) in [6.07, 6.45) is 6.62. The predicted octanol–water partition coefficient (Wildman–Crippen LogP) is 3.16. The van der Waals surface area contributed by atoms with Crippen LogP contribution in [0.5, 0.6) is 0 Å². The predicted molar refractivity (Wildman–Crippen MR) is 67.8 cm³/mol. The van der Waals surface area contributed by atoms with E-state index in [0.29, 0.717) is 12.1 Å². The van der Waals surface area contributed by atoms with E-state index in [9.17, 15) is 0 Å². The molecule has 86 valence electrons. The van der Waals surface area contributed by atoms with Crippen molar-refractivity contribution in [2.24, 2.45) is 0 Å². The SMILES string of the molecule is CC1Cc2c(ccc3c2CCCC3)C(C)N1. The summed E-state index contributed by atoms with van der Waals surface area (Å²) in [6.45, 7) is 4.60. The Morgan fingerprint density at radius 3 is 2.75 bits per heavy atom. The van der Waals surface area contributed by atoms with Crippen LogP contribution in [0.25, 0.3) is 0 Å². The lowest BCUT2D eigenvalue weighted by atomic mass is 9.80. The number of aryl methyl sites for hydroxylation is 1. The summed E-state index contributed by atoms with van der Waals surface area (Å²) in [5, 5.41) is 3.64. The minimum absolute atomic E-state index is 0.533. The molecule has 1 heterocycles. The molecule has 1 heteroatoms. The molecule has 1 aliphatic heterocycles. The normalized spacial score (nSPS) is 28.4. The van der Waals surface area contributed by atoms with E-state index in [1.54, 1.807) is 22.3 Å². The van der Waals surface area contributed by atoms with Crippen molar-refractivity contribution in [2.45, 2.75) is 58.0 Å². The molecule has 2 atom stereocenters. The first-order chi connectivity index (χ1) is 7.75. The van der Waals surface area contributed by atoms with E-state index in [0.717, 1.165) is 0 Å². The van der Waals surface area contributed by atoms with E-state index in [1.165, 1.54) is 32.1 Å². The van der Waals surface area contributed by atoms with Crippen molar-refractivity contribution in [3.8, 4) is 0 Å². The van der Waals surface area contributed by atoms with Crippen LogP contribution in [-0.4, -0.2) is 6.04 Å². The van der Waals surface area contributed by atoms with E-state index < -0.39 is 0 Å². The molecule has 2 unspecified atom stereocenters. The first kappa shape index (κ1) is 10.3. The zero-order valence-electron chi connectivity index (χ0n) is 10.3. The molecule has 1 aromatic rings. The number of rotatable bonds is 0. The monoisotopic (exact) mass is 215 g/mol. The molecular weight excluding hydrogens is 194 g/mol. The Kier molecular flexibility index (Phi) is 2.51. The fourth-order valence-electron chi connectivity index (χ4n) is 3.45. The topological polar surface area (TPSA) is 12.0 Å². The molecule has 0 radical (unpaired) electrons. The number of nitrogens with one attached hydrogen (secondary N) is 1. The van der Waals surface area contributed by atoms with Crippen LogP contribution < -0.4 is 5.32 Å². The Morgan fingerprint density at radius 1 is 1.06 bits per heavy atom. The van der Waals surface area contributed by atoms with Gasteiger partial charge < -0.3 is 5.32 Å². The Bertz CT molecular complexity index is 408. The van der Waals surface area contributed by atoms with E-state index in [1.807, 2.05) is 0 Å². The van der Waals surface area contributed by atoms with Gasteiger partial charge in [0.15, 0.2) is 0 Å². The van der Waals surface area contributed by atoms with Gasteiger partial charge in [-0.05, 0) is 68.2 Å². The molecule has 0 fully saturated rings. The second kappa shape index (κ2) is 3.89. The van der Waals surface area contributed by atoms with Gasteiger partial charge in [0.2, 0.25) is 0 Å². The number of hydrogen-bond donors (Lipinski definition) is 1. The third-order valence-electron chi connectivity index (χ3n) is 4.20. The maximum absolute atomic E-state index is 3.64. The zero-order chi connectivity index (χ0) is 11.1. The molecule has 16 heavy (non-hydrogen) atoms. The molecule has 0 spiro atoms. The molecule has 0 saturated heterocycles. The molecule has 0 saturated carbocycles. The highest BCUT2D eigenvalue weighted by atomic mass is 14.9. The van der Waals surface area contributed by atoms with Crippen molar-refractivity contribution in [2.75, 3.05) is 0 Å². The Morgan fingerprint density at radius 2 is 1.88 bits per heavy atom. The Hall–Kier alpha value is -0.820. The van der Waals surface area contributed by atoms with Crippen molar-refractivity contribution in [3.05, 3.63) is 34.4 Å². The van der Waals surface area contributed by atoms with Crippen molar-refractivity contribution in [1.82, 2.24) is 5.32 Å². The van der Waals surface area contributed by atoms with E-state index >= 15 is 0 Å². The lowest BCUT2D eigenvalue weighted by molar-refractivity contribution is 0.441. The summed E-state index contributed by atoms with van der Waals surface area (Å²) < 4.78 is 0. The average molecular weight is 215 g/mol. The van der Waals surface area contributed by atoms with Crippen LogP contribution in [-0.2, 0) is 19.3 Å². The smallest absolute Gasteiger partial charge is 0.0297 e. The number of hydrogen-bond acceptors (Lipinski definition) is 1. The standard InChI is InChI=1S/C15H21N/c1-10-9-15-13(11(2)16-10)8-7-12-5-3-4-6-14(12)15/h7-8,10-11,16H,3-6,9H2,1-2H3. The van der Waals surface area contributed by atoms with Gasteiger partial charge in [-0.15, -0.1) is 0 Å². The van der Waals surface area contributed by atoms with Gasteiger partial charge in [-0.25, -0.2) is 0 Å².